The van der Waals surface area contributed by atoms with Crippen LogP contribution in [0.3, 0.4) is 0 Å². The number of carbonyl (C=O) groups is 2. The van der Waals surface area contributed by atoms with Gasteiger partial charge in [0.1, 0.15) is 28.1 Å². The normalized spacial score (nSPS) is 20.0. The van der Waals surface area contributed by atoms with E-state index in [1.165, 1.54) is 6.07 Å². The standard InChI is InChI=1S/C19H16N2O6/c1-3-25-16(22)14-15(20)27-12-8-9(2)26-17(23)13(12)19(14)10-6-4-5-7-11(10)21-18(19)24/h4-8H,3,20H2,1-2H3,(H,21,24). The molecular weight excluding hydrogens is 352 g/mol. The Balaban J connectivity index is 2.15. The first-order chi connectivity index (χ1) is 12.9. The van der Waals surface area contributed by atoms with Crippen LogP contribution in [-0.2, 0) is 19.7 Å². The van der Waals surface area contributed by atoms with Crippen molar-refractivity contribution < 1.29 is 23.5 Å². The molecule has 8 nitrogen and oxygen atoms in total. The second-order valence-electron chi connectivity index (χ2n) is 6.20. The monoisotopic (exact) mass is 368 g/mol. The number of carbonyl (C=O) groups excluding carboxylic acids is 2. The molecule has 0 aliphatic carbocycles. The van der Waals surface area contributed by atoms with Gasteiger partial charge in [-0.3, -0.25) is 4.79 Å². The number of nitrogens with one attached hydrogen (secondary N) is 1. The van der Waals surface area contributed by atoms with Crippen LogP contribution in [0.4, 0.5) is 5.69 Å². The molecule has 27 heavy (non-hydrogen) atoms. The number of hydrogen-bond donors (Lipinski definition) is 2. The van der Waals surface area contributed by atoms with Crippen molar-refractivity contribution in [3.63, 3.8) is 0 Å². The first kappa shape index (κ1) is 16.9. The lowest BCUT2D eigenvalue weighted by Crippen LogP contribution is -2.48. The molecule has 0 saturated carbocycles. The van der Waals surface area contributed by atoms with Gasteiger partial charge in [0.15, 0.2) is 0 Å². The zero-order valence-electron chi connectivity index (χ0n) is 14.6. The third-order valence-corrected chi connectivity index (χ3v) is 4.65. The lowest BCUT2D eigenvalue weighted by Gasteiger charge is -2.34. The molecule has 1 aromatic carbocycles. The average Bonchev–Trinajstić information content (AvgIpc) is 2.87. The maximum Gasteiger partial charge on any atom is 0.344 e. The fraction of sp³-hybridized carbons (Fsp3) is 0.211. The first-order valence-corrected chi connectivity index (χ1v) is 8.32. The number of benzene rings is 1. The highest BCUT2D eigenvalue weighted by molar-refractivity contribution is 6.17. The van der Waals surface area contributed by atoms with Crippen LogP contribution in [0.1, 0.15) is 23.8 Å². The van der Waals surface area contributed by atoms with Crippen molar-refractivity contribution in [2.24, 2.45) is 5.73 Å². The van der Waals surface area contributed by atoms with E-state index >= 15 is 0 Å². The van der Waals surface area contributed by atoms with Gasteiger partial charge in [-0.25, -0.2) is 9.59 Å². The molecule has 1 atom stereocenters. The van der Waals surface area contributed by atoms with Gasteiger partial charge in [0.05, 0.1) is 6.61 Å². The molecule has 0 fully saturated rings. The summed E-state index contributed by atoms with van der Waals surface area (Å²) in [5.41, 5.74) is 3.97. The molecule has 3 N–H and O–H groups in total. The number of aryl methyl sites for hydroxylation is 1. The quantitative estimate of drug-likeness (QED) is 0.767. The Morgan fingerprint density at radius 1 is 1.30 bits per heavy atom. The number of esters is 1. The molecule has 0 radical (unpaired) electrons. The average molecular weight is 368 g/mol. The second kappa shape index (κ2) is 5.73. The molecule has 4 rings (SSSR count). The van der Waals surface area contributed by atoms with Crippen molar-refractivity contribution in [1.29, 1.82) is 0 Å². The zero-order chi connectivity index (χ0) is 19.3. The SMILES string of the molecule is CCOC(=O)C1=C(N)Oc2cc(C)oc(=O)c2C12C(=O)Nc1ccccc12. The first-order valence-electron chi connectivity index (χ1n) is 8.32. The summed E-state index contributed by atoms with van der Waals surface area (Å²) in [6.07, 6.45) is 0. The molecule has 1 spiro atoms. The summed E-state index contributed by atoms with van der Waals surface area (Å²) in [7, 11) is 0. The predicted octanol–water partition coefficient (Wildman–Crippen LogP) is 1.31. The summed E-state index contributed by atoms with van der Waals surface area (Å²) < 4.78 is 15.9. The molecule has 138 valence electrons. The van der Waals surface area contributed by atoms with Crippen molar-refractivity contribution >= 4 is 17.6 Å². The van der Waals surface area contributed by atoms with E-state index in [1.54, 1.807) is 38.1 Å². The van der Waals surface area contributed by atoms with Gasteiger partial charge in [0.25, 0.3) is 0 Å². The van der Waals surface area contributed by atoms with Crippen molar-refractivity contribution in [1.82, 2.24) is 0 Å². The predicted molar refractivity (Wildman–Crippen MR) is 94.0 cm³/mol. The van der Waals surface area contributed by atoms with Crippen LogP contribution in [0.25, 0.3) is 0 Å². The number of anilines is 1. The number of ether oxygens (including phenoxy) is 2. The number of hydrogen-bond acceptors (Lipinski definition) is 7. The second-order valence-corrected chi connectivity index (χ2v) is 6.20. The van der Waals surface area contributed by atoms with Crippen LogP contribution in [0.5, 0.6) is 5.75 Å². The van der Waals surface area contributed by atoms with Crippen LogP contribution < -0.4 is 21.4 Å². The van der Waals surface area contributed by atoms with E-state index < -0.39 is 22.9 Å². The minimum Gasteiger partial charge on any atom is -0.462 e. The Labute approximate surface area is 153 Å². The maximum absolute atomic E-state index is 13.2. The lowest BCUT2D eigenvalue weighted by molar-refractivity contribution is -0.140. The topological polar surface area (TPSA) is 121 Å². The summed E-state index contributed by atoms with van der Waals surface area (Å²) in [6, 6.07) is 8.21. The van der Waals surface area contributed by atoms with E-state index in [9.17, 15) is 14.4 Å². The van der Waals surface area contributed by atoms with Crippen LogP contribution in [0.15, 0.2) is 51.0 Å². The van der Waals surface area contributed by atoms with Crippen LogP contribution in [0.2, 0.25) is 0 Å². The molecule has 8 heteroatoms. The number of rotatable bonds is 2. The van der Waals surface area contributed by atoms with E-state index in [4.69, 9.17) is 19.6 Å². The number of para-hydroxylation sites is 1. The Kier molecular flexibility index (Phi) is 3.59. The Morgan fingerprint density at radius 2 is 2.04 bits per heavy atom. The minimum atomic E-state index is -1.81. The van der Waals surface area contributed by atoms with Crippen LogP contribution >= 0.6 is 0 Å². The summed E-state index contributed by atoms with van der Waals surface area (Å²) >= 11 is 0. The summed E-state index contributed by atoms with van der Waals surface area (Å²) in [5, 5.41) is 2.72. The van der Waals surface area contributed by atoms with Crippen molar-refractivity contribution in [3.8, 4) is 5.75 Å². The third-order valence-electron chi connectivity index (χ3n) is 4.65. The molecule has 1 amide bonds. The van der Waals surface area contributed by atoms with Gasteiger partial charge in [-0.2, -0.15) is 0 Å². The Morgan fingerprint density at radius 3 is 2.78 bits per heavy atom. The lowest BCUT2D eigenvalue weighted by atomic mass is 9.69. The van der Waals surface area contributed by atoms with Gasteiger partial charge < -0.3 is 24.9 Å². The fourth-order valence-corrected chi connectivity index (χ4v) is 3.69. The van der Waals surface area contributed by atoms with Crippen molar-refractivity contribution in [3.05, 3.63) is 69.1 Å². The molecule has 3 heterocycles. The maximum atomic E-state index is 13.2. The number of fused-ring (bicyclic) bond motifs is 4. The van der Waals surface area contributed by atoms with E-state index in [2.05, 4.69) is 5.32 Å². The third kappa shape index (κ3) is 2.13. The van der Waals surface area contributed by atoms with Crippen molar-refractivity contribution in [2.45, 2.75) is 19.3 Å². The smallest absolute Gasteiger partial charge is 0.344 e. The largest absolute Gasteiger partial charge is 0.462 e. The Bertz CT molecular complexity index is 1080. The molecule has 2 aliphatic rings. The highest BCUT2D eigenvalue weighted by atomic mass is 16.5. The van der Waals surface area contributed by atoms with Gasteiger partial charge in [0, 0.05) is 17.3 Å². The molecule has 0 saturated heterocycles. The molecule has 2 aromatic rings. The molecule has 1 aromatic heterocycles. The van der Waals surface area contributed by atoms with Gasteiger partial charge in [0.2, 0.25) is 11.8 Å². The zero-order valence-corrected chi connectivity index (χ0v) is 14.6. The molecular formula is C19H16N2O6. The minimum absolute atomic E-state index is 0.0598. The molecule has 2 aliphatic heterocycles. The van der Waals surface area contributed by atoms with Crippen molar-refractivity contribution in [2.75, 3.05) is 11.9 Å². The van der Waals surface area contributed by atoms with E-state index in [0.717, 1.165) is 0 Å². The van der Waals surface area contributed by atoms with Gasteiger partial charge in [-0.1, -0.05) is 18.2 Å². The highest BCUT2D eigenvalue weighted by Gasteiger charge is 2.60. The van der Waals surface area contributed by atoms with Crippen LogP contribution in [-0.4, -0.2) is 18.5 Å². The number of nitrogens with two attached hydrogens (primary N) is 1. The molecule has 1 unspecified atom stereocenters. The highest BCUT2D eigenvalue weighted by Crippen LogP contribution is 2.52. The number of amides is 1. The van der Waals surface area contributed by atoms with Gasteiger partial charge in [-0.15, -0.1) is 0 Å². The molecule has 0 bridgehead atoms. The summed E-state index contributed by atoms with van der Waals surface area (Å²) in [4.78, 5) is 38.8. The van der Waals surface area contributed by atoms with Crippen LogP contribution in [0, 0.1) is 6.92 Å². The van der Waals surface area contributed by atoms with E-state index in [-0.39, 0.29) is 35.1 Å². The van der Waals surface area contributed by atoms with E-state index in [1.807, 2.05) is 0 Å². The van der Waals surface area contributed by atoms with E-state index in [0.29, 0.717) is 11.3 Å². The summed E-state index contributed by atoms with van der Waals surface area (Å²) in [6.45, 7) is 3.25. The summed E-state index contributed by atoms with van der Waals surface area (Å²) in [5.74, 6) is -1.38. The van der Waals surface area contributed by atoms with Gasteiger partial charge in [-0.05, 0) is 19.9 Å². The van der Waals surface area contributed by atoms with Gasteiger partial charge >= 0.3 is 11.6 Å². The Hall–Kier alpha value is -3.55. The fourth-order valence-electron chi connectivity index (χ4n) is 3.69.